The van der Waals surface area contributed by atoms with Crippen LogP contribution in [0.15, 0.2) is 29.4 Å². The summed E-state index contributed by atoms with van der Waals surface area (Å²) in [6.07, 6.45) is 2.16. The van der Waals surface area contributed by atoms with Crippen molar-refractivity contribution in [2.45, 2.75) is 10.9 Å². The lowest BCUT2D eigenvalue weighted by molar-refractivity contribution is 0.190. The Bertz CT molecular complexity index is 1100. The number of halogens is 2. The van der Waals surface area contributed by atoms with Crippen molar-refractivity contribution in [3.8, 4) is 6.07 Å². The number of nitrogens with zero attached hydrogens (tertiary/aromatic N) is 4. The van der Waals surface area contributed by atoms with E-state index >= 15 is 0 Å². The summed E-state index contributed by atoms with van der Waals surface area (Å²) in [5.74, 6) is 0. The Balaban J connectivity index is 1.99. The number of alkyl halides is 1. The van der Waals surface area contributed by atoms with Crippen LogP contribution >= 0.6 is 11.6 Å². The van der Waals surface area contributed by atoms with Gasteiger partial charge in [0.2, 0.25) is 0 Å². The third-order valence-electron chi connectivity index (χ3n) is 3.67. The zero-order valence-electron chi connectivity index (χ0n) is 13.0. The van der Waals surface area contributed by atoms with Crippen molar-refractivity contribution in [1.29, 1.82) is 5.26 Å². The Hall–Kier alpha value is -2.68. The summed E-state index contributed by atoms with van der Waals surface area (Å²) < 4.78 is 41.3. The van der Waals surface area contributed by atoms with Crippen molar-refractivity contribution in [3.05, 3.63) is 35.2 Å². The van der Waals surface area contributed by atoms with Gasteiger partial charge in [-0.15, -0.1) is 0 Å². The van der Waals surface area contributed by atoms with Gasteiger partial charge in [-0.2, -0.15) is 15.5 Å². The standard InChI is InChI=1S/C14H12ClFN6O3S/c15-10-1-2-11(14-13(10)12(4-17)19-20-14)21-26(24,25)9-5-18-22(6-9)8(3-16)7-23/h1-2,5-6,8,21,23H,3,7H2,(H,19,20)/t8-/m0/s1. The first-order chi connectivity index (χ1) is 12.4. The largest absolute Gasteiger partial charge is 0.394 e. The van der Waals surface area contributed by atoms with Crippen molar-refractivity contribution in [2.24, 2.45) is 0 Å². The number of benzene rings is 1. The van der Waals surface area contributed by atoms with Crippen molar-refractivity contribution in [3.63, 3.8) is 0 Å². The number of sulfonamides is 1. The molecule has 2 heterocycles. The molecule has 2 aromatic heterocycles. The van der Waals surface area contributed by atoms with Crippen LogP contribution in [0.5, 0.6) is 0 Å². The molecule has 0 aliphatic rings. The Morgan fingerprint density at radius 3 is 2.92 bits per heavy atom. The predicted molar refractivity (Wildman–Crippen MR) is 91.0 cm³/mol. The van der Waals surface area contributed by atoms with Crippen LogP contribution in [0.25, 0.3) is 10.9 Å². The summed E-state index contributed by atoms with van der Waals surface area (Å²) in [5.41, 5.74) is 0.421. The van der Waals surface area contributed by atoms with E-state index < -0.39 is 29.3 Å². The third-order valence-corrected chi connectivity index (χ3v) is 5.31. The van der Waals surface area contributed by atoms with E-state index in [0.29, 0.717) is 5.39 Å². The molecule has 1 atom stereocenters. The van der Waals surface area contributed by atoms with E-state index in [4.69, 9.17) is 22.0 Å². The average molecular weight is 399 g/mol. The van der Waals surface area contributed by atoms with E-state index in [9.17, 15) is 12.8 Å². The molecule has 0 fully saturated rings. The van der Waals surface area contributed by atoms with Gasteiger partial charge in [-0.1, -0.05) is 11.6 Å². The van der Waals surface area contributed by atoms with E-state index in [1.54, 1.807) is 0 Å². The Labute approximate surface area is 152 Å². The number of nitriles is 1. The molecule has 0 bridgehead atoms. The van der Waals surface area contributed by atoms with Gasteiger partial charge in [0.25, 0.3) is 10.0 Å². The molecule has 0 unspecified atom stereocenters. The molecule has 136 valence electrons. The minimum Gasteiger partial charge on any atom is -0.394 e. The van der Waals surface area contributed by atoms with Gasteiger partial charge in [0.05, 0.1) is 34.4 Å². The lowest BCUT2D eigenvalue weighted by Crippen LogP contribution is -2.16. The number of aromatic nitrogens is 4. The molecular weight excluding hydrogens is 387 g/mol. The minimum absolute atomic E-state index is 0.0348. The fraction of sp³-hybridized carbons (Fsp3) is 0.214. The first-order valence-corrected chi connectivity index (χ1v) is 9.08. The first-order valence-electron chi connectivity index (χ1n) is 7.21. The highest BCUT2D eigenvalue weighted by atomic mass is 35.5. The maximum Gasteiger partial charge on any atom is 0.265 e. The van der Waals surface area contributed by atoms with Gasteiger partial charge >= 0.3 is 0 Å². The highest BCUT2D eigenvalue weighted by Gasteiger charge is 2.22. The maximum absolute atomic E-state index is 12.8. The van der Waals surface area contributed by atoms with E-state index in [0.717, 1.165) is 17.1 Å². The summed E-state index contributed by atoms with van der Waals surface area (Å²) >= 11 is 6.05. The van der Waals surface area contributed by atoms with E-state index in [1.807, 2.05) is 6.07 Å². The summed E-state index contributed by atoms with van der Waals surface area (Å²) in [6.45, 7) is -1.41. The number of aliphatic hydroxyl groups is 1. The molecule has 0 radical (unpaired) electrons. The summed E-state index contributed by atoms with van der Waals surface area (Å²) in [4.78, 5) is -0.215. The third kappa shape index (κ3) is 3.10. The quantitative estimate of drug-likeness (QED) is 0.576. The highest BCUT2D eigenvalue weighted by Crippen LogP contribution is 2.31. The topological polar surface area (TPSA) is 137 Å². The molecule has 0 saturated carbocycles. The lowest BCUT2D eigenvalue weighted by atomic mass is 10.2. The van der Waals surface area contributed by atoms with E-state index in [2.05, 4.69) is 20.0 Å². The summed E-state index contributed by atoms with van der Waals surface area (Å²) in [7, 11) is -4.06. The Kier molecular flexibility index (Phi) is 4.82. The molecule has 12 heteroatoms. The van der Waals surface area contributed by atoms with Crippen LogP contribution in [0.4, 0.5) is 10.1 Å². The molecule has 0 amide bonds. The molecule has 0 aliphatic carbocycles. The normalized spacial score (nSPS) is 12.8. The van der Waals surface area contributed by atoms with Crippen molar-refractivity contribution in [1.82, 2.24) is 20.0 Å². The second kappa shape index (κ2) is 6.91. The van der Waals surface area contributed by atoms with Gasteiger partial charge in [0.15, 0.2) is 5.69 Å². The van der Waals surface area contributed by atoms with Gasteiger partial charge in [0, 0.05) is 6.20 Å². The Morgan fingerprint density at radius 2 is 2.27 bits per heavy atom. The fourth-order valence-electron chi connectivity index (χ4n) is 2.32. The Morgan fingerprint density at radius 1 is 1.50 bits per heavy atom. The SMILES string of the molecule is N#Cc1n[nH]c2c(NS(=O)(=O)c3cnn([C@H](CO)CF)c3)ccc(Cl)c12. The molecular formula is C14H12ClFN6O3S. The predicted octanol–water partition coefficient (Wildman–Crippen LogP) is 1.59. The second-order valence-corrected chi connectivity index (χ2v) is 7.37. The monoisotopic (exact) mass is 398 g/mol. The highest BCUT2D eigenvalue weighted by molar-refractivity contribution is 7.92. The molecule has 0 aliphatic heterocycles. The number of nitrogens with one attached hydrogen (secondary N) is 2. The average Bonchev–Trinajstić information content (AvgIpc) is 3.26. The molecule has 0 saturated heterocycles. The van der Waals surface area contributed by atoms with Crippen LogP contribution in [-0.2, 0) is 10.0 Å². The molecule has 0 spiro atoms. The number of fused-ring (bicyclic) bond motifs is 1. The molecule has 26 heavy (non-hydrogen) atoms. The van der Waals surface area contributed by atoms with Crippen LogP contribution in [0.3, 0.4) is 0 Å². The molecule has 1 aromatic carbocycles. The second-order valence-electron chi connectivity index (χ2n) is 5.28. The summed E-state index contributed by atoms with van der Waals surface area (Å²) in [6, 6.07) is 3.76. The molecule has 3 N–H and O–H groups in total. The van der Waals surface area contributed by atoms with E-state index in [-0.39, 0.29) is 26.8 Å². The van der Waals surface area contributed by atoms with Crippen LogP contribution in [0, 0.1) is 11.3 Å². The van der Waals surface area contributed by atoms with Gasteiger partial charge < -0.3 is 5.11 Å². The number of anilines is 1. The number of aromatic amines is 1. The molecule has 3 aromatic rings. The van der Waals surface area contributed by atoms with Crippen LogP contribution in [-0.4, -0.2) is 46.8 Å². The number of aliphatic hydroxyl groups excluding tert-OH is 1. The number of hydrogen-bond acceptors (Lipinski definition) is 6. The zero-order chi connectivity index (χ0) is 18.9. The van der Waals surface area contributed by atoms with E-state index in [1.165, 1.54) is 12.1 Å². The minimum atomic E-state index is -4.06. The molecule has 9 nitrogen and oxygen atoms in total. The van der Waals surface area contributed by atoms with Gasteiger partial charge in [-0.25, -0.2) is 12.8 Å². The maximum atomic E-state index is 12.8. The number of rotatable bonds is 6. The molecule has 3 rings (SSSR count). The fourth-order valence-corrected chi connectivity index (χ4v) is 3.58. The number of hydrogen-bond donors (Lipinski definition) is 3. The van der Waals surface area contributed by atoms with Gasteiger partial charge in [-0.05, 0) is 12.1 Å². The van der Waals surface area contributed by atoms with Gasteiger partial charge in [-0.3, -0.25) is 14.5 Å². The first kappa shape index (κ1) is 18.1. The lowest BCUT2D eigenvalue weighted by Gasteiger charge is -2.10. The van der Waals surface area contributed by atoms with Crippen molar-refractivity contribution in [2.75, 3.05) is 18.0 Å². The number of H-pyrrole nitrogens is 1. The van der Waals surface area contributed by atoms with Crippen LogP contribution in [0.1, 0.15) is 11.7 Å². The smallest absolute Gasteiger partial charge is 0.265 e. The van der Waals surface area contributed by atoms with Crippen molar-refractivity contribution >= 4 is 38.2 Å². The summed E-state index contributed by atoms with van der Waals surface area (Å²) in [5, 5.41) is 28.8. The van der Waals surface area contributed by atoms with Gasteiger partial charge in [0.1, 0.15) is 23.7 Å². The van der Waals surface area contributed by atoms with Crippen LogP contribution < -0.4 is 4.72 Å². The van der Waals surface area contributed by atoms with Crippen LogP contribution in [0.2, 0.25) is 5.02 Å². The van der Waals surface area contributed by atoms with Crippen molar-refractivity contribution < 1.29 is 17.9 Å². The zero-order valence-corrected chi connectivity index (χ0v) is 14.6.